The summed E-state index contributed by atoms with van der Waals surface area (Å²) in [5, 5.41) is 0. The number of rotatable bonds is 37. The molecule has 0 aliphatic rings. The van der Waals surface area contributed by atoms with Crippen LogP contribution in [0.3, 0.4) is 0 Å². The number of carbonyl (C=O) groups is 1. The second-order valence-electron chi connectivity index (χ2n) is 14.7. The fourth-order valence-corrected chi connectivity index (χ4v) is 5.85. The maximum absolute atomic E-state index is 12.2. The van der Waals surface area contributed by atoms with Crippen LogP contribution in [-0.2, 0) is 16.1 Å². The van der Waals surface area contributed by atoms with E-state index in [4.69, 9.17) is 14.2 Å². The Bertz CT molecular complexity index is 1030. The zero-order valence-corrected chi connectivity index (χ0v) is 34.8. The van der Waals surface area contributed by atoms with E-state index < -0.39 is 0 Å². The minimum absolute atomic E-state index is 0.192. The van der Waals surface area contributed by atoms with Crippen molar-refractivity contribution < 1.29 is 19.0 Å². The summed E-state index contributed by atoms with van der Waals surface area (Å²) in [6.45, 7) is 6.61. The van der Waals surface area contributed by atoms with E-state index in [0.29, 0.717) is 37.9 Å². The van der Waals surface area contributed by atoms with Gasteiger partial charge in [-0.3, -0.25) is 4.79 Å². The van der Waals surface area contributed by atoms with Crippen molar-refractivity contribution in [2.24, 2.45) is 0 Å². The van der Waals surface area contributed by atoms with Gasteiger partial charge in [-0.05, 0) is 91.1 Å². The van der Waals surface area contributed by atoms with Gasteiger partial charge in [0.05, 0.1) is 19.6 Å². The SMILES string of the molecule is CCCCC/C=C\C/C=C\CCCCCCCCOc1cc(COC(=O)CCN(C)C)cc(OCCCCCCCC/C=C\C/C=C\CCCCC)n1. The summed E-state index contributed by atoms with van der Waals surface area (Å²) >= 11 is 0. The average Bonchev–Trinajstić information content (AvgIpc) is 3.15. The molecule has 0 saturated carbocycles. The first kappa shape index (κ1) is 48.2. The topological polar surface area (TPSA) is 60.9 Å². The number of ether oxygens (including phenoxy) is 3. The quantitative estimate of drug-likeness (QED) is 0.0385. The van der Waals surface area contributed by atoms with Crippen molar-refractivity contribution in [2.75, 3.05) is 33.9 Å². The molecule has 6 heteroatoms. The summed E-state index contributed by atoms with van der Waals surface area (Å²) in [5.41, 5.74) is 0.845. The highest BCUT2D eigenvalue weighted by Gasteiger charge is 2.09. The summed E-state index contributed by atoms with van der Waals surface area (Å²) < 4.78 is 17.7. The predicted octanol–water partition coefficient (Wildman–Crippen LogP) is 13.5. The maximum Gasteiger partial charge on any atom is 0.307 e. The van der Waals surface area contributed by atoms with Crippen molar-refractivity contribution in [3.63, 3.8) is 0 Å². The Morgan fingerprint density at radius 3 is 1.38 bits per heavy atom. The standard InChI is InChI=1S/C47H80N2O4/c1-5-7-9-11-13-15-17-19-21-23-25-27-29-31-33-35-39-51-45-41-44(43-53-47(50)37-38-49(3)4)42-46(48-45)52-40-36-34-32-30-28-26-24-22-20-18-16-14-12-10-8-6-2/h13-16,19-22,41-42H,5-12,17-18,23-40,43H2,1-4H3/b15-13-,16-14-,21-19-,22-20-. The highest BCUT2D eigenvalue weighted by molar-refractivity contribution is 5.69. The Kier molecular flexibility index (Phi) is 34.0. The zero-order chi connectivity index (χ0) is 38.3. The van der Waals surface area contributed by atoms with Crippen LogP contribution in [0.1, 0.15) is 180 Å². The van der Waals surface area contributed by atoms with Crippen LogP contribution in [0.5, 0.6) is 11.8 Å². The Balaban J connectivity index is 2.30. The number of nitrogens with zero attached hydrogens (tertiary/aromatic N) is 2. The lowest BCUT2D eigenvalue weighted by atomic mass is 10.1. The first-order valence-corrected chi connectivity index (χ1v) is 21.7. The highest BCUT2D eigenvalue weighted by Crippen LogP contribution is 2.21. The Morgan fingerprint density at radius 1 is 0.566 bits per heavy atom. The smallest absolute Gasteiger partial charge is 0.307 e. The number of aromatic nitrogens is 1. The summed E-state index contributed by atoms with van der Waals surface area (Å²) in [6, 6.07) is 3.75. The fourth-order valence-electron chi connectivity index (χ4n) is 5.85. The predicted molar refractivity (Wildman–Crippen MR) is 227 cm³/mol. The molecule has 0 atom stereocenters. The molecule has 0 unspecified atom stereocenters. The molecule has 0 bridgehead atoms. The van der Waals surface area contributed by atoms with Gasteiger partial charge in [-0.25, -0.2) is 0 Å². The van der Waals surface area contributed by atoms with E-state index in [9.17, 15) is 4.79 Å². The number of esters is 1. The number of hydrogen-bond donors (Lipinski definition) is 0. The third kappa shape index (κ3) is 33.4. The first-order chi connectivity index (χ1) is 26.0. The van der Waals surface area contributed by atoms with Crippen molar-refractivity contribution in [1.82, 2.24) is 9.88 Å². The van der Waals surface area contributed by atoms with E-state index in [2.05, 4.69) is 67.4 Å². The van der Waals surface area contributed by atoms with Gasteiger partial charge < -0.3 is 19.1 Å². The summed E-state index contributed by atoms with van der Waals surface area (Å²) in [6.07, 6.45) is 48.1. The highest BCUT2D eigenvalue weighted by atomic mass is 16.5. The van der Waals surface area contributed by atoms with Gasteiger partial charge in [0.2, 0.25) is 11.8 Å². The number of allylic oxidation sites excluding steroid dienone is 8. The van der Waals surface area contributed by atoms with Gasteiger partial charge in [-0.2, -0.15) is 4.98 Å². The lowest BCUT2D eigenvalue weighted by molar-refractivity contribution is -0.145. The lowest BCUT2D eigenvalue weighted by Crippen LogP contribution is -2.18. The van der Waals surface area contributed by atoms with Crippen molar-refractivity contribution in [3.05, 3.63) is 66.3 Å². The molecule has 0 aliphatic carbocycles. The minimum atomic E-state index is -0.205. The van der Waals surface area contributed by atoms with Crippen LogP contribution in [0.25, 0.3) is 0 Å². The summed E-state index contributed by atoms with van der Waals surface area (Å²) in [7, 11) is 3.90. The van der Waals surface area contributed by atoms with Gasteiger partial charge in [0.25, 0.3) is 0 Å². The molecule has 0 amide bonds. The first-order valence-electron chi connectivity index (χ1n) is 21.7. The molecule has 0 N–H and O–H groups in total. The van der Waals surface area contributed by atoms with Crippen molar-refractivity contribution in [1.29, 1.82) is 0 Å². The van der Waals surface area contributed by atoms with Gasteiger partial charge in [0.15, 0.2) is 0 Å². The van der Waals surface area contributed by atoms with E-state index in [-0.39, 0.29) is 12.6 Å². The largest absolute Gasteiger partial charge is 0.478 e. The molecular formula is C47H80N2O4. The van der Waals surface area contributed by atoms with Crippen molar-refractivity contribution in [3.8, 4) is 11.8 Å². The molecule has 53 heavy (non-hydrogen) atoms. The van der Waals surface area contributed by atoms with E-state index >= 15 is 0 Å². The van der Waals surface area contributed by atoms with Crippen LogP contribution in [-0.4, -0.2) is 49.7 Å². The van der Waals surface area contributed by atoms with Gasteiger partial charge in [0, 0.05) is 24.2 Å². The lowest BCUT2D eigenvalue weighted by Gasteiger charge is -2.12. The molecule has 0 aliphatic heterocycles. The molecule has 0 aromatic carbocycles. The zero-order valence-electron chi connectivity index (χ0n) is 34.8. The molecule has 1 rings (SSSR count). The van der Waals surface area contributed by atoms with E-state index in [0.717, 1.165) is 44.1 Å². The molecule has 302 valence electrons. The van der Waals surface area contributed by atoms with Crippen LogP contribution in [0.15, 0.2) is 60.7 Å². The Morgan fingerprint density at radius 2 is 0.962 bits per heavy atom. The molecule has 0 spiro atoms. The number of carbonyl (C=O) groups excluding carboxylic acids is 1. The van der Waals surface area contributed by atoms with Gasteiger partial charge >= 0.3 is 5.97 Å². The van der Waals surface area contributed by atoms with E-state index in [1.807, 2.05) is 31.1 Å². The van der Waals surface area contributed by atoms with Crippen LogP contribution < -0.4 is 9.47 Å². The van der Waals surface area contributed by atoms with E-state index in [1.165, 1.54) is 116 Å². The van der Waals surface area contributed by atoms with Crippen LogP contribution in [0, 0.1) is 0 Å². The molecular weight excluding hydrogens is 657 g/mol. The third-order valence-electron chi connectivity index (χ3n) is 9.19. The number of pyridine rings is 1. The molecule has 1 aromatic rings. The Labute approximate surface area is 326 Å². The van der Waals surface area contributed by atoms with Crippen LogP contribution >= 0.6 is 0 Å². The molecule has 0 radical (unpaired) electrons. The monoisotopic (exact) mass is 737 g/mol. The molecule has 6 nitrogen and oxygen atoms in total. The number of hydrogen-bond acceptors (Lipinski definition) is 6. The third-order valence-corrected chi connectivity index (χ3v) is 9.19. The molecule has 1 heterocycles. The van der Waals surface area contributed by atoms with Crippen LogP contribution in [0.2, 0.25) is 0 Å². The normalized spacial score (nSPS) is 12.0. The van der Waals surface area contributed by atoms with Crippen molar-refractivity contribution >= 4 is 5.97 Å². The van der Waals surface area contributed by atoms with Gasteiger partial charge in [-0.15, -0.1) is 0 Å². The van der Waals surface area contributed by atoms with Crippen molar-refractivity contribution in [2.45, 2.75) is 181 Å². The Hall–Kier alpha value is -2.86. The molecule has 0 fully saturated rings. The number of unbranched alkanes of at least 4 members (excludes halogenated alkanes) is 18. The summed E-state index contributed by atoms with van der Waals surface area (Å²) in [5.74, 6) is 0.881. The summed E-state index contributed by atoms with van der Waals surface area (Å²) in [4.78, 5) is 18.9. The maximum atomic E-state index is 12.2. The second kappa shape index (κ2) is 37.5. The van der Waals surface area contributed by atoms with Crippen LogP contribution in [0.4, 0.5) is 0 Å². The fraction of sp³-hybridized carbons (Fsp3) is 0.702. The molecule has 0 saturated heterocycles. The van der Waals surface area contributed by atoms with Gasteiger partial charge in [-0.1, -0.05) is 140 Å². The average molecular weight is 737 g/mol. The minimum Gasteiger partial charge on any atom is -0.478 e. The second-order valence-corrected chi connectivity index (χ2v) is 14.7. The van der Waals surface area contributed by atoms with E-state index in [1.54, 1.807) is 0 Å². The molecule has 1 aromatic heterocycles. The van der Waals surface area contributed by atoms with Gasteiger partial charge in [0.1, 0.15) is 6.61 Å².